The Balaban J connectivity index is 2.11. The fraction of sp³-hybridized carbons (Fsp3) is 0. The van der Waals surface area contributed by atoms with Crippen molar-refractivity contribution in [3.63, 3.8) is 0 Å². The van der Waals surface area contributed by atoms with Crippen molar-refractivity contribution in [2.45, 2.75) is 0 Å². The van der Waals surface area contributed by atoms with Gasteiger partial charge in [0, 0.05) is 11.1 Å². The van der Waals surface area contributed by atoms with Crippen LogP contribution in [0.25, 0.3) is 33.6 Å². The maximum absolute atomic E-state index is 10.2. The quantitative estimate of drug-likeness (QED) is 0.598. The van der Waals surface area contributed by atoms with Crippen molar-refractivity contribution >= 4 is 11.1 Å². The van der Waals surface area contributed by atoms with Crippen molar-refractivity contribution in [3.8, 4) is 28.3 Å². The van der Waals surface area contributed by atoms with E-state index in [0.717, 1.165) is 16.7 Å². The highest BCUT2D eigenvalue weighted by Gasteiger charge is 2.21. The van der Waals surface area contributed by atoms with Gasteiger partial charge in [0.05, 0.1) is 0 Å². The molecule has 0 aliphatic heterocycles. The molecule has 4 heteroatoms. The second-order valence-corrected chi connectivity index (χ2v) is 4.92. The largest absolute Gasteiger partial charge is 0.493 e. The zero-order valence-electron chi connectivity index (χ0n) is 11.6. The first-order valence-corrected chi connectivity index (χ1v) is 6.92. The van der Waals surface area contributed by atoms with Gasteiger partial charge in [-0.3, -0.25) is 0 Å². The van der Waals surface area contributed by atoms with Crippen LogP contribution >= 0.6 is 0 Å². The Morgan fingerprint density at radius 1 is 0.773 bits per heavy atom. The Kier molecular flexibility index (Phi) is 2.86. The van der Waals surface area contributed by atoms with Crippen LogP contribution in [-0.2, 0) is 0 Å². The van der Waals surface area contributed by atoms with E-state index in [0.29, 0.717) is 16.9 Å². The Hall–Kier alpha value is -3.14. The van der Waals surface area contributed by atoms with Crippen LogP contribution in [0, 0.1) is 0 Å². The summed E-state index contributed by atoms with van der Waals surface area (Å²) in [6, 6.07) is 19.6. The van der Waals surface area contributed by atoms with Crippen LogP contribution in [0.15, 0.2) is 71.4 Å². The second kappa shape index (κ2) is 5.00. The van der Waals surface area contributed by atoms with E-state index in [2.05, 4.69) is 9.97 Å². The number of aromatic nitrogens is 2. The van der Waals surface area contributed by atoms with Gasteiger partial charge in [-0.2, -0.15) is 0 Å². The summed E-state index contributed by atoms with van der Waals surface area (Å²) in [5, 5.41) is 10.7. The highest BCUT2D eigenvalue weighted by atomic mass is 16.3. The summed E-state index contributed by atoms with van der Waals surface area (Å²) < 4.78 is 5.91. The highest BCUT2D eigenvalue weighted by molar-refractivity contribution is 6.02. The molecule has 2 heterocycles. The third-order valence-electron chi connectivity index (χ3n) is 3.57. The molecule has 1 N–H and O–H groups in total. The van der Waals surface area contributed by atoms with E-state index in [1.54, 1.807) is 0 Å². The van der Waals surface area contributed by atoms with Crippen LogP contribution < -0.4 is 0 Å². The van der Waals surface area contributed by atoms with E-state index in [4.69, 9.17) is 4.42 Å². The monoisotopic (exact) mass is 288 g/mol. The topological polar surface area (TPSA) is 59.2 Å². The van der Waals surface area contributed by atoms with Gasteiger partial charge in [-0.15, -0.1) is 0 Å². The summed E-state index contributed by atoms with van der Waals surface area (Å²) in [4.78, 5) is 8.02. The van der Waals surface area contributed by atoms with Crippen LogP contribution in [0.4, 0.5) is 0 Å². The van der Waals surface area contributed by atoms with E-state index < -0.39 is 0 Å². The van der Waals surface area contributed by atoms with Gasteiger partial charge in [0.15, 0.2) is 0 Å². The maximum Gasteiger partial charge on any atom is 0.234 e. The number of benzene rings is 2. The number of fused-ring (bicyclic) bond motifs is 1. The van der Waals surface area contributed by atoms with Gasteiger partial charge in [0.1, 0.15) is 17.5 Å². The number of hydrogen-bond donors (Lipinski definition) is 1. The van der Waals surface area contributed by atoms with Crippen molar-refractivity contribution in [1.29, 1.82) is 0 Å². The maximum atomic E-state index is 10.2. The minimum absolute atomic E-state index is 0.0743. The van der Waals surface area contributed by atoms with Gasteiger partial charge in [-0.1, -0.05) is 60.7 Å². The first-order valence-electron chi connectivity index (χ1n) is 6.92. The van der Waals surface area contributed by atoms with E-state index in [1.165, 1.54) is 6.33 Å². The van der Waals surface area contributed by atoms with Gasteiger partial charge in [-0.25, -0.2) is 9.97 Å². The normalized spacial score (nSPS) is 10.9. The van der Waals surface area contributed by atoms with Crippen LogP contribution in [0.3, 0.4) is 0 Å². The molecule has 0 saturated carbocycles. The predicted molar refractivity (Wildman–Crippen MR) is 84.3 cm³/mol. The van der Waals surface area contributed by atoms with E-state index in [9.17, 15) is 5.11 Å². The predicted octanol–water partition coefficient (Wildman–Crippen LogP) is 4.26. The molecule has 4 aromatic rings. The molecule has 0 saturated heterocycles. The first kappa shape index (κ1) is 12.6. The summed E-state index contributed by atoms with van der Waals surface area (Å²) >= 11 is 0. The lowest BCUT2D eigenvalue weighted by Gasteiger charge is -2.03. The number of nitrogens with zero attached hydrogens (tertiary/aromatic N) is 2. The summed E-state index contributed by atoms with van der Waals surface area (Å²) in [5.74, 6) is 0.604. The Morgan fingerprint density at radius 2 is 1.41 bits per heavy atom. The molecule has 0 aliphatic rings. The molecule has 4 rings (SSSR count). The van der Waals surface area contributed by atoms with Crippen molar-refractivity contribution in [1.82, 2.24) is 9.97 Å². The SMILES string of the molecule is Oc1ncnc2oc(-c3ccccc3)c(-c3ccccc3)c12. The molecule has 0 bridgehead atoms. The van der Waals surface area contributed by atoms with Gasteiger partial charge >= 0.3 is 0 Å². The number of aromatic hydroxyl groups is 1. The smallest absolute Gasteiger partial charge is 0.234 e. The minimum Gasteiger partial charge on any atom is -0.493 e. The van der Waals surface area contributed by atoms with Crippen LogP contribution in [-0.4, -0.2) is 15.1 Å². The lowest BCUT2D eigenvalue weighted by atomic mass is 10.00. The summed E-state index contributed by atoms with van der Waals surface area (Å²) in [7, 11) is 0. The van der Waals surface area contributed by atoms with Gasteiger partial charge in [-0.05, 0) is 5.56 Å². The molecule has 2 aromatic carbocycles. The zero-order valence-corrected chi connectivity index (χ0v) is 11.6. The molecule has 22 heavy (non-hydrogen) atoms. The molecule has 4 nitrogen and oxygen atoms in total. The van der Waals surface area contributed by atoms with Crippen molar-refractivity contribution < 1.29 is 9.52 Å². The van der Waals surface area contributed by atoms with Crippen molar-refractivity contribution in [2.75, 3.05) is 0 Å². The fourth-order valence-electron chi connectivity index (χ4n) is 2.59. The van der Waals surface area contributed by atoms with Gasteiger partial charge < -0.3 is 9.52 Å². The number of hydrogen-bond acceptors (Lipinski definition) is 4. The van der Waals surface area contributed by atoms with Crippen LogP contribution in [0.1, 0.15) is 0 Å². The third-order valence-corrected chi connectivity index (χ3v) is 3.57. The molecule has 0 spiro atoms. The van der Waals surface area contributed by atoms with Crippen molar-refractivity contribution in [3.05, 3.63) is 67.0 Å². The summed E-state index contributed by atoms with van der Waals surface area (Å²) in [6.45, 7) is 0. The lowest BCUT2D eigenvalue weighted by Crippen LogP contribution is -1.83. The molecule has 0 unspecified atom stereocenters. The molecular formula is C18H12N2O2. The molecule has 0 amide bonds. The number of furan rings is 1. The number of rotatable bonds is 2. The minimum atomic E-state index is -0.0743. The van der Waals surface area contributed by atoms with Crippen molar-refractivity contribution in [2.24, 2.45) is 0 Å². The molecule has 106 valence electrons. The third kappa shape index (κ3) is 1.93. The lowest BCUT2D eigenvalue weighted by molar-refractivity contribution is 0.458. The molecule has 2 aromatic heterocycles. The second-order valence-electron chi connectivity index (χ2n) is 4.92. The first-order chi connectivity index (χ1) is 10.8. The van der Waals surface area contributed by atoms with Crippen LogP contribution in [0.5, 0.6) is 5.88 Å². The van der Waals surface area contributed by atoms with E-state index >= 15 is 0 Å². The standard InChI is InChI=1S/C18H12N2O2/c21-17-15-14(12-7-3-1-4-8-12)16(13-9-5-2-6-10-13)22-18(15)20-11-19-17/h1-11H,(H,19,20,21). The molecular weight excluding hydrogens is 276 g/mol. The fourth-order valence-corrected chi connectivity index (χ4v) is 2.59. The molecule has 0 radical (unpaired) electrons. The highest BCUT2D eigenvalue weighted by Crippen LogP contribution is 2.42. The van der Waals surface area contributed by atoms with Crippen LogP contribution in [0.2, 0.25) is 0 Å². The molecule has 0 atom stereocenters. The van der Waals surface area contributed by atoms with Gasteiger partial charge in [0.2, 0.25) is 11.6 Å². The average molecular weight is 288 g/mol. The summed E-state index contributed by atoms with van der Waals surface area (Å²) in [6.07, 6.45) is 1.30. The van der Waals surface area contributed by atoms with E-state index in [1.807, 2.05) is 60.7 Å². The Labute approximate surface area is 126 Å². The molecule has 0 aliphatic carbocycles. The van der Waals surface area contributed by atoms with E-state index in [-0.39, 0.29) is 5.88 Å². The summed E-state index contributed by atoms with van der Waals surface area (Å²) in [5.41, 5.74) is 3.06. The Morgan fingerprint density at radius 3 is 2.09 bits per heavy atom. The average Bonchev–Trinajstić information content (AvgIpc) is 2.97. The van der Waals surface area contributed by atoms with Gasteiger partial charge in [0.25, 0.3) is 0 Å². The molecule has 0 fully saturated rings. The Bertz CT molecular complexity index is 931. The zero-order chi connectivity index (χ0) is 14.9.